The third-order valence-corrected chi connectivity index (χ3v) is 3.88. The van der Waals surface area contributed by atoms with Gasteiger partial charge in [-0.2, -0.15) is 4.98 Å². The highest BCUT2D eigenvalue weighted by molar-refractivity contribution is 6.42. The van der Waals surface area contributed by atoms with Gasteiger partial charge in [-0.05, 0) is 12.1 Å². The Morgan fingerprint density at radius 1 is 1.04 bits per heavy atom. The first-order valence-electron chi connectivity index (χ1n) is 6.23. The van der Waals surface area contributed by atoms with Gasteiger partial charge in [0.2, 0.25) is 5.88 Å². The van der Waals surface area contributed by atoms with Crippen LogP contribution in [0.4, 0.5) is 5.69 Å². The van der Waals surface area contributed by atoms with Crippen molar-refractivity contribution in [1.29, 1.82) is 0 Å². The van der Waals surface area contributed by atoms with Crippen LogP contribution in [-0.4, -0.2) is 38.7 Å². The van der Waals surface area contributed by atoms with Gasteiger partial charge in [-0.15, -0.1) is 0 Å². The predicted molar refractivity (Wildman–Crippen MR) is 98.0 cm³/mol. The summed E-state index contributed by atoms with van der Waals surface area (Å²) in [5, 5.41) is 17.1. The normalized spacial score (nSPS) is 9.88. The SMILES string of the molecule is Nc1cc(Cl)nc(C(=O)O)c1Cl.O=C(O)COc1nc(Cl)c(Cl)cc1Cl. The van der Waals surface area contributed by atoms with Crippen LogP contribution >= 0.6 is 58.0 Å². The molecule has 0 spiro atoms. The maximum atomic E-state index is 10.5. The van der Waals surface area contributed by atoms with Crippen LogP contribution in [-0.2, 0) is 4.79 Å². The van der Waals surface area contributed by atoms with E-state index in [9.17, 15) is 9.59 Å². The van der Waals surface area contributed by atoms with E-state index in [1.54, 1.807) is 0 Å². The van der Waals surface area contributed by atoms with Crippen molar-refractivity contribution in [2.45, 2.75) is 0 Å². The summed E-state index contributed by atoms with van der Waals surface area (Å²) < 4.78 is 4.75. The first-order valence-corrected chi connectivity index (χ1v) is 8.12. The molecule has 2 heterocycles. The monoisotopic (exact) mass is 461 g/mol. The van der Waals surface area contributed by atoms with Crippen molar-refractivity contribution >= 4 is 75.6 Å². The van der Waals surface area contributed by atoms with E-state index in [0.717, 1.165) is 0 Å². The summed E-state index contributed by atoms with van der Waals surface area (Å²) in [7, 11) is 0. The summed E-state index contributed by atoms with van der Waals surface area (Å²) in [6, 6.07) is 2.62. The van der Waals surface area contributed by atoms with Gasteiger partial charge in [0.05, 0.1) is 15.7 Å². The van der Waals surface area contributed by atoms with Crippen LogP contribution in [0, 0.1) is 0 Å². The van der Waals surface area contributed by atoms with Gasteiger partial charge >= 0.3 is 11.9 Å². The number of aromatic carboxylic acids is 1. The third-order valence-electron chi connectivity index (χ3n) is 2.34. The largest absolute Gasteiger partial charge is 0.479 e. The summed E-state index contributed by atoms with van der Waals surface area (Å²) in [6.45, 7) is -0.537. The molecule has 0 aliphatic heterocycles. The molecule has 2 rings (SSSR count). The number of carboxylic acids is 2. The second-order valence-electron chi connectivity index (χ2n) is 4.23. The molecule has 140 valence electrons. The van der Waals surface area contributed by atoms with E-state index in [2.05, 4.69) is 9.97 Å². The standard InChI is InChI=1S/C7H4Cl3NO3.C6H4Cl2N2O2/c8-3-1-4(9)7(11-6(3)10)14-2-5(12)13;7-3-1-2(9)4(8)5(10-3)6(11)12/h1H,2H2,(H,12,13);1H,(H2,9,10)(H,11,12). The number of ether oxygens (including phenoxy) is 1. The number of carboxylic acid groups (broad SMARTS) is 2. The van der Waals surface area contributed by atoms with Crippen molar-refractivity contribution in [3.8, 4) is 5.88 Å². The van der Waals surface area contributed by atoms with Crippen molar-refractivity contribution in [1.82, 2.24) is 9.97 Å². The second-order valence-corrected chi connectivity index (χ2v) is 6.17. The number of aromatic nitrogens is 2. The molecule has 0 bridgehead atoms. The zero-order chi connectivity index (χ0) is 20.0. The van der Waals surface area contributed by atoms with Crippen molar-refractivity contribution in [3.05, 3.63) is 43.2 Å². The van der Waals surface area contributed by atoms with Gasteiger partial charge in [-0.1, -0.05) is 58.0 Å². The Labute approximate surface area is 171 Å². The summed E-state index contributed by atoms with van der Waals surface area (Å²) in [6.07, 6.45) is 0. The first-order chi connectivity index (χ1) is 12.0. The minimum absolute atomic E-state index is 0.00861. The van der Waals surface area contributed by atoms with Crippen molar-refractivity contribution < 1.29 is 24.5 Å². The molecule has 4 N–H and O–H groups in total. The highest BCUT2D eigenvalue weighted by Gasteiger charge is 2.14. The van der Waals surface area contributed by atoms with Gasteiger partial charge in [0.15, 0.2) is 17.5 Å². The number of nitrogens with two attached hydrogens (primary N) is 1. The fourth-order valence-electron chi connectivity index (χ4n) is 1.32. The van der Waals surface area contributed by atoms with Gasteiger partial charge in [-0.3, -0.25) is 0 Å². The molecule has 0 aliphatic carbocycles. The Balaban J connectivity index is 0.000000263. The Morgan fingerprint density at radius 2 is 1.65 bits per heavy atom. The smallest absolute Gasteiger partial charge is 0.356 e. The van der Waals surface area contributed by atoms with E-state index in [1.807, 2.05) is 0 Å². The molecule has 2 aromatic rings. The first kappa shape index (κ1) is 22.3. The number of hydrogen-bond acceptors (Lipinski definition) is 6. The number of hydrogen-bond donors (Lipinski definition) is 3. The van der Waals surface area contributed by atoms with Crippen LogP contribution in [0.3, 0.4) is 0 Å². The predicted octanol–water partition coefficient (Wildman–Crippen LogP) is 4.17. The molecule has 0 amide bonds. The average Bonchev–Trinajstić information content (AvgIpc) is 2.53. The maximum absolute atomic E-state index is 10.5. The lowest BCUT2D eigenvalue weighted by molar-refractivity contribution is -0.139. The van der Waals surface area contributed by atoms with Gasteiger partial charge in [-0.25, -0.2) is 14.6 Å². The number of anilines is 1. The lowest BCUT2D eigenvalue weighted by Crippen LogP contribution is -2.10. The van der Waals surface area contributed by atoms with Crippen molar-refractivity contribution in [2.75, 3.05) is 12.3 Å². The lowest BCUT2D eigenvalue weighted by atomic mass is 10.3. The third kappa shape index (κ3) is 6.54. The molecule has 0 saturated heterocycles. The summed E-state index contributed by atoms with van der Waals surface area (Å²) in [5.74, 6) is -2.44. The van der Waals surface area contributed by atoms with Gasteiger partial charge < -0.3 is 20.7 Å². The van der Waals surface area contributed by atoms with Crippen LogP contribution in [0.25, 0.3) is 0 Å². The Hall–Kier alpha value is -1.71. The number of aliphatic carboxylic acids is 1. The number of nitrogens with zero attached hydrogens (tertiary/aromatic N) is 2. The highest BCUT2D eigenvalue weighted by Crippen LogP contribution is 2.30. The molecule has 0 unspecified atom stereocenters. The van der Waals surface area contributed by atoms with E-state index in [0.29, 0.717) is 0 Å². The summed E-state index contributed by atoms with van der Waals surface area (Å²) in [4.78, 5) is 27.8. The molecule has 0 radical (unpaired) electrons. The summed E-state index contributed by atoms with van der Waals surface area (Å²) >= 11 is 27.8. The van der Waals surface area contributed by atoms with Crippen LogP contribution < -0.4 is 10.5 Å². The topological polar surface area (TPSA) is 136 Å². The van der Waals surface area contributed by atoms with E-state index in [-0.39, 0.29) is 42.6 Å². The lowest BCUT2D eigenvalue weighted by Gasteiger charge is -2.05. The van der Waals surface area contributed by atoms with Crippen LogP contribution in [0.15, 0.2) is 12.1 Å². The number of rotatable bonds is 4. The van der Waals surface area contributed by atoms with E-state index in [4.69, 9.17) is 78.7 Å². The fourth-order valence-corrected chi connectivity index (χ4v) is 2.24. The number of pyridine rings is 2. The van der Waals surface area contributed by atoms with Crippen LogP contribution in [0.2, 0.25) is 25.4 Å². The Kier molecular flexibility index (Phi) is 8.45. The zero-order valence-corrected chi connectivity index (χ0v) is 16.1. The van der Waals surface area contributed by atoms with Crippen molar-refractivity contribution in [3.63, 3.8) is 0 Å². The molecule has 26 heavy (non-hydrogen) atoms. The molecule has 0 fully saturated rings. The minimum Gasteiger partial charge on any atom is -0.479 e. The molecular weight excluding hydrogens is 455 g/mol. The van der Waals surface area contributed by atoms with Gasteiger partial charge in [0, 0.05) is 0 Å². The Bertz CT molecular complexity index is 849. The molecular formula is C13H8Cl5N3O5. The van der Waals surface area contributed by atoms with Gasteiger partial charge in [0.25, 0.3) is 0 Å². The van der Waals surface area contributed by atoms with E-state index < -0.39 is 18.5 Å². The number of nitrogen functional groups attached to an aromatic ring is 1. The second kappa shape index (κ2) is 9.84. The maximum Gasteiger partial charge on any atom is 0.356 e. The molecule has 13 heteroatoms. The molecule has 2 aromatic heterocycles. The minimum atomic E-state index is -1.26. The summed E-state index contributed by atoms with van der Waals surface area (Å²) in [5.41, 5.74) is 5.11. The molecule has 8 nitrogen and oxygen atoms in total. The zero-order valence-electron chi connectivity index (χ0n) is 12.3. The molecule has 0 aliphatic rings. The van der Waals surface area contributed by atoms with Crippen LogP contribution in [0.1, 0.15) is 10.5 Å². The number of carbonyl (C=O) groups is 2. The van der Waals surface area contributed by atoms with Gasteiger partial charge in [0.1, 0.15) is 10.2 Å². The quantitative estimate of drug-likeness (QED) is 0.575. The highest BCUT2D eigenvalue weighted by atomic mass is 35.5. The number of halogens is 5. The van der Waals surface area contributed by atoms with Crippen molar-refractivity contribution in [2.24, 2.45) is 0 Å². The molecule has 0 saturated carbocycles. The van der Waals surface area contributed by atoms with Crippen LogP contribution in [0.5, 0.6) is 5.88 Å². The molecule has 0 atom stereocenters. The fraction of sp³-hybridized carbons (Fsp3) is 0.0769. The Morgan fingerprint density at radius 3 is 2.19 bits per heavy atom. The average molecular weight is 463 g/mol. The van der Waals surface area contributed by atoms with E-state index >= 15 is 0 Å². The van der Waals surface area contributed by atoms with E-state index in [1.165, 1.54) is 12.1 Å². The molecule has 0 aromatic carbocycles.